The van der Waals surface area contributed by atoms with E-state index in [1.54, 1.807) is 29.5 Å². The highest BCUT2D eigenvalue weighted by atomic mass is 32.2. The van der Waals surface area contributed by atoms with Crippen molar-refractivity contribution in [3.63, 3.8) is 0 Å². The van der Waals surface area contributed by atoms with Crippen LogP contribution in [0.2, 0.25) is 0 Å². The molecule has 0 saturated carbocycles. The maximum absolute atomic E-state index is 13.1. The molecule has 4 nitrogen and oxygen atoms in total. The highest BCUT2D eigenvalue weighted by Crippen LogP contribution is 2.28. The van der Waals surface area contributed by atoms with E-state index in [1.807, 2.05) is 42.5 Å². The van der Waals surface area contributed by atoms with E-state index in [2.05, 4.69) is 13.8 Å². The predicted octanol–water partition coefficient (Wildman–Crippen LogP) is 3.89. The summed E-state index contributed by atoms with van der Waals surface area (Å²) in [5.74, 6) is 0.650. The molecule has 118 valence electrons. The number of methoxy groups -OCH3 is 1. The average molecular weight is 326 g/mol. The van der Waals surface area contributed by atoms with Crippen molar-refractivity contribution in [2.24, 2.45) is 0 Å². The Balaban J connectivity index is 2.37. The summed E-state index contributed by atoms with van der Waals surface area (Å²) in [5, 5.41) is 1.59. The standard InChI is InChI=1S/C18H18N2O2S/c1-12(2)23-18-19-14-9-5-4-8-13(14)17(21)20(18)15-10-6-7-11-16(15)22-3/h4-12H,1-3H3. The van der Waals surface area contributed by atoms with Gasteiger partial charge in [-0.25, -0.2) is 4.98 Å². The number of rotatable bonds is 4. The number of aromatic nitrogens is 2. The van der Waals surface area contributed by atoms with Crippen LogP contribution in [0.4, 0.5) is 0 Å². The fourth-order valence-electron chi connectivity index (χ4n) is 2.43. The fourth-order valence-corrected chi connectivity index (χ4v) is 3.29. The second kappa shape index (κ2) is 6.46. The number of nitrogens with zero attached hydrogens (tertiary/aromatic N) is 2. The van der Waals surface area contributed by atoms with Gasteiger partial charge in [0.15, 0.2) is 5.16 Å². The second-order valence-electron chi connectivity index (χ2n) is 5.39. The number of thioether (sulfide) groups is 1. The number of fused-ring (bicyclic) bond motifs is 1. The first-order chi connectivity index (χ1) is 11.1. The molecule has 1 aromatic heterocycles. The molecule has 0 aliphatic rings. The average Bonchev–Trinajstić information content (AvgIpc) is 2.55. The Kier molecular flexibility index (Phi) is 4.39. The van der Waals surface area contributed by atoms with Crippen LogP contribution < -0.4 is 10.3 Å². The summed E-state index contributed by atoms with van der Waals surface area (Å²) in [6.45, 7) is 4.16. The highest BCUT2D eigenvalue weighted by molar-refractivity contribution is 7.99. The van der Waals surface area contributed by atoms with Crippen molar-refractivity contribution >= 4 is 22.7 Å². The highest BCUT2D eigenvalue weighted by Gasteiger charge is 2.16. The first kappa shape index (κ1) is 15.6. The molecule has 0 spiro atoms. The van der Waals surface area contributed by atoms with Crippen LogP contribution in [0.5, 0.6) is 5.75 Å². The molecular weight excluding hydrogens is 308 g/mol. The summed E-state index contributed by atoms with van der Waals surface area (Å²) in [6.07, 6.45) is 0. The maximum Gasteiger partial charge on any atom is 0.266 e. The monoisotopic (exact) mass is 326 g/mol. The Bertz CT molecular complexity index is 903. The van der Waals surface area contributed by atoms with E-state index in [0.29, 0.717) is 32.7 Å². The minimum atomic E-state index is -0.0803. The van der Waals surface area contributed by atoms with Crippen molar-refractivity contribution in [1.82, 2.24) is 9.55 Å². The third-order valence-corrected chi connectivity index (χ3v) is 4.37. The van der Waals surface area contributed by atoms with Gasteiger partial charge in [-0.2, -0.15) is 0 Å². The number of hydrogen-bond acceptors (Lipinski definition) is 4. The summed E-state index contributed by atoms with van der Waals surface area (Å²) in [5.41, 5.74) is 1.34. The summed E-state index contributed by atoms with van der Waals surface area (Å²) >= 11 is 1.56. The van der Waals surface area contributed by atoms with E-state index in [4.69, 9.17) is 9.72 Å². The lowest BCUT2D eigenvalue weighted by Gasteiger charge is -2.16. The summed E-state index contributed by atoms with van der Waals surface area (Å²) in [7, 11) is 1.60. The molecule has 0 radical (unpaired) electrons. The lowest BCUT2D eigenvalue weighted by atomic mass is 10.2. The molecule has 5 heteroatoms. The molecule has 0 amide bonds. The molecular formula is C18H18N2O2S. The molecule has 0 saturated heterocycles. The van der Waals surface area contributed by atoms with Crippen LogP contribution in [0, 0.1) is 0 Å². The lowest BCUT2D eigenvalue weighted by Crippen LogP contribution is -2.22. The van der Waals surface area contributed by atoms with E-state index >= 15 is 0 Å². The Morgan fingerprint density at radius 2 is 1.78 bits per heavy atom. The predicted molar refractivity (Wildman–Crippen MR) is 94.9 cm³/mol. The summed E-state index contributed by atoms with van der Waals surface area (Å²) in [6, 6.07) is 14.9. The smallest absolute Gasteiger partial charge is 0.266 e. The van der Waals surface area contributed by atoms with Crippen LogP contribution in [0.1, 0.15) is 13.8 Å². The van der Waals surface area contributed by atoms with Crippen molar-refractivity contribution < 1.29 is 4.74 Å². The van der Waals surface area contributed by atoms with Crippen molar-refractivity contribution in [3.05, 3.63) is 58.9 Å². The zero-order chi connectivity index (χ0) is 16.4. The molecule has 0 bridgehead atoms. The minimum Gasteiger partial charge on any atom is -0.495 e. The Morgan fingerprint density at radius 1 is 1.09 bits per heavy atom. The summed E-state index contributed by atoms with van der Waals surface area (Å²) in [4.78, 5) is 17.8. The number of benzene rings is 2. The van der Waals surface area contributed by atoms with Gasteiger partial charge >= 0.3 is 0 Å². The Morgan fingerprint density at radius 3 is 2.52 bits per heavy atom. The Labute approximate surface area is 139 Å². The second-order valence-corrected chi connectivity index (χ2v) is 6.93. The lowest BCUT2D eigenvalue weighted by molar-refractivity contribution is 0.411. The van der Waals surface area contributed by atoms with Gasteiger partial charge in [-0.3, -0.25) is 9.36 Å². The molecule has 23 heavy (non-hydrogen) atoms. The van der Waals surface area contributed by atoms with E-state index in [9.17, 15) is 4.79 Å². The van der Waals surface area contributed by atoms with E-state index < -0.39 is 0 Å². The molecule has 3 rings (SSSR count). The van der Waals surface area contributed by atoms with Crippen molar-refractivity contribution in [3.8, 4) is 11.4 Å². The van der Waals surface area contributed by atoms with Gasteiger partial charge in [0.2, 0.25) is 0 Å². The van der Waals surface area contributed by atoms with Gasteiger partial charge in [-0.05, 0) is 24.3 Å². The molecule has 0 fully saturated rings. The zero-order valence-electron chi connectivity index (χ0n) is 13.3. The van der Waals surface area contributed by atoms with Crippen LogP contribution in [0.15, 0.2) is 58.5 Å². The first-order valence-corrected chi connectivity index (χ1v) is 8.31. The molecule has 0 atom stereocenters. The largest absolute Gasteiger partial charge is 0.495 e. The molecule has 3 aromatic rings. The van der Waals surface area contributed by atoms with Crippen LogP contribution >= 0.6 is 11.8 Å². The molecule has 2 aromatic carbocycles. The van der Waals surface area contributed by atoms with E-state index in [1.165, 1.54) is 0 Å². The number of ether oxygens (including phenoxy) is 1. The van der Waals surface area contributed by atoms with Gasteiger partial charge in [0, 0.05) is 5.25 Å². The third kappa shape index (κ3) is 2.97. The molecule has 0 aliphatic heterocycles. The van der Waals surface area contributed by atoms with E-state index in [-0.39, 0.29) is 5.56 Å². The maximum atomic E-state index is 13.1. The third-order valence-electron chi connectivity index (χ3n) is 3.41. The van der Waals surface area contributed by atoms with Gasteiger partial charge < -0.3 is 4.74 Å². The Hall–Kier alpha value is -2.27. The normalized spacial score (nSPS) is 11.1. The van der Waals surface area contributed by atoms with Crippen molar-refractivity contribution in [2.75, 3.05) is 7.11 Å². The van der Waals surface area contributed by atoms with Crippen LogP contribution in [-0.2, 0) is 0 Å². The van der Waals surface area contributed by atoms with Crippen LogP contribution in [0.3, 0.4) is 0 Å². The van der Waals surface area contributed by atoms with Gasteiger partial charge in [-0.15, -0.1) is 0 Å². The minimum absolute atomic E-state index is 0.0803. The SMILES string of the molecule is COc1ccccc1-n1c(SC(C)C)nc2ccccc2c1=O. The van der Waals surface area contributed by atoms with Gasteiger partial charge in [0.25, 0.3) is 5.56 Å². The zero-order valence-corrected chi connectivity index (χ0v) is 14.1. The van der Waals surface area contributed by atoms with Crippen molar-refractivity contribution in [2.45, 2.75) is 24.3 Å². The number of para-hydroxylation sites is 3. The van der Waals surface area contributed by atoms with Crippen molar-refractivity contribution in [1.29, 1.82) is 0 Å². The first-order valence-electron chi connectivity index (χ1n) is 7.43. The van der Waals surface area contributed by atoms with Crippen LogP contribution in [0.25, 0.3) is 16.6 Å². The van der Waals surface area contributed by atoms with Crippen LogP contribution in [-0.4, -0.2) is 21.9 Å². The summed E-state index contributed by atoms with van der Waals surface area (Å²) < 4.78 is 7.07. The van der Waals surface area contributed by atoms with Gasteiger partial charge in [0.1, 0.15) is 5.75 Å². The van der Waals surface area contributed by atoms with Gasteiger partial charge in [-0.1, -0.05) is 49.9 Å². The quantitative estimate of drug-likeness (QED) is 0.539. The van der Waals surface area contributed by atoms with Gasteiger partial charge in [0.05, 0.1) is 23.7 Å². The number of hydrogen-bond donors (Lipinski definition) is 0. The fraction of sp³-hybridized carbons (Fsp3) is 0.222. The molecule has 0 unspecified atom stereocenters. The molecule has 0 N–H and O–H groups in total. The van der Waals surface area contributed by atoms with E-state index in [0.717, 1.165) is 0 Å². The topological polar surface area (TPSA) is 44.1 Å². The molecule has 1 heterocycles. The molecule has 0 aliphatic carbocycles.